The molecule has 0 bridgehead atoms. The number of anilines is 1. The molecule has 0 aliphatic rings. The van der Waals surface area contributed by atoms with Crippen LogP contribution in [0.5, 0.6) is 0 Å². The lowest BCUT2D eigenvalue weighted by Gasteiger charge is -2.09. The Morgan fingerprint density at radius 1 is 1.50 bits per heavy atom. The molecule has 0 fully saturated rings. The third-order valence-corrected chi connectivity index (χ3v) is 2.71. The first kappa shape index (κ1) is 11.6. The molecule has 0 radical (unpaired) electrons. The van der Waals surface area contributed by atoms with Gasteiger partial charge in [0.15, 0.2) is 0 Å². The van der Waals surface area contributed by atoms with E-state index >= 15 is 0 Å². The van der Waals surface area contributed by atoms with Crippen molar-refractivity contribution in [3.05, 3.63) is 29.0 Å². The molecule has 0 amide bonds. The second kappa shape index (κ2) is 4.97. The van der Waals surface area contributed by atoms with Gasteiger partial charge in [-0.3, -0.25) is 9.97 Å². The van der Waals surface area contributed by atoms with E-state index in [1.165, 1.54) is 0 Å². The van der Waals surface area contributed by atoms with E-state index < -0.39 is 0 Å². The van der Waals surface area contributed by atoms with Crippen LogP contribution in [-0.2, 0) is 0 Å². The molecule has 2 aromatic heterocycles. The second-order valence-corrected chi connectivity index (χ2v) is 5.20. The van der Waals surface area contributed by atoms with Crippen molar-refractivity contribution in [1.82, 2.24) is 9.97 Å². The van der Waals surface area contributed by atoms with Gasteiger partial charge in [0.2, 0.25) is 0 Å². The Kier molecular flexibility index (Phi) is 3.61. The Morgan fingerprint density at radius 3 is 3.06 bits per heavy atom. The predicted octanol–water partition coefficient (Wildman–Crippen LogP) is 3.43. The monoisotopic (exact) mass is 299 g/mol. The largest absolute Gasteiger partial charge is 0.382 e. The van der Waals surface area contributed by atoms with Crippen molar-refractivity contribution in [2.75, 3.05) is 11.9 Å². The molecule has 0 aliphatic carbocycles. The van der Waals surface area contributed by atoms with Crippen LogP contribution < -0.4 is 5.32 Å². The Bertz CT molecular complexity index is 502. The number of alkyl halides is 1. The molecule has 5 heteroatoms. The SMILES string of the molecule is CC(Cl)CNc1ccnc2cc(Br)cnc12. The van der Waals surface area contributed by atoms with Crippen molar-refractivity contribution in [1.29, 1.82) is 0 Å². The highest BCUT2D eigenvalue weighted by molar-refractivity contribution is 9.10. The Balaban J connectivity index is 2.38. The van der Waals surface area contributed by atoms with Crippen molar-refractivity contribution in [3.63, 3.8) is 0 Å². The van der Waals surface area contributed by atoms with E-state index in [-0.39, 0.29) is 5.38 Å². The lowest BCUT2D eigenvalue weighted by Crippen LogP contribution is -2.11. The maximum atomic E-state index is 5.90. The molecule has 2 rings (SSSR count). The van der Waals surface area contributed by atoms with Gasteiger partial charge in [0, 0.05) is 28.8 Å². The van der Waals surface area contributed by atoms with Gasteiger partial charge in [0.1, 0.15) is 5.52 Å². The van der Waals surface area contributed by atoms with Crippen LogP contribution in [0.4, 0.5) is 5.69 Å². The standard InChI is InChI=1S/C11H11BrClN3/c1-7(13)5-15-9-2-3-14-10-4-8(12)6-16-11(9)10/h2-4,6-7H,5H2,1H3,(H,14,15). The summed E-state index contributed by atoms with van der Waals surface area (Å²) in [6, 6.07) is 3.85. The predicted molar refractivity (Wildman–Crippen MR) is 71.0 cm³/mol. The summed E-state index contributed by atoms with van der Waals surface area (Å²) in [6.45, 7) is 2.65. The summed E-state index contributed by atoms with van der Waals surface area (Å²) in [5, 5.41) is 3.34. The smallest absolute Gasteiger partial charge is 0.112 e. The highest BCUT2D eigenvalue weighted by Crippen LogP contribution is 2.21. The average molecular weight is 301 g/mol. The zero-order valence-corrected chi connectivity index (χ0v) is 11.1. The number of aromatic nitrogens is 2. The van der Waals surface area contributed by atoms with Gasteiger partial charge >= 0.3 is 0 Å². The number of nitrogens with zero attached hydrogens (tertiary/aromatic N) is 2. The van der Waals surface area contributed by atoms with Crippen LogP contribution in [0.25, 0.3) is 11.0 Å². The fourth-order valence-corrected chi connectivity index (χ4v) is 1.80. The molecular formula is C11H11BrClN3. The number of hydrogen-bond acceptors (Lipinski definition) is 3. The molecule has 1 N–H and O–H groups in total. The van der Waals surface area contributed by atoms with E-state index in [2.05, 4.69) is 31.2 Å². The van der Waals surface area contributed by atoms with E-state index in [4.69, 9.17) is 11.6 Å². The molecule has 0 aromatic carbocycles. The molecule has 0 aliphatic heterocycles. The minimum Gasteiger partial charge on any atom is -0.382 e. The van der Waals surface area contributed by atoms with Crippen molar-refractivity contribution in [2.45, 2.75) is 12.3 Å². The van der Waals surface area contributed by atoms with Crippen molar-refractivity contribution in [2.24, 2.45) is 0 Å². The van der Waals surface area contributed by atoms with Crippen LogP contribution in [0.15, 0.2) is 29.0 Å². The molecule has 2 aromatic rings. The average Bonchev–Trinajstić information content (AvgIpc) is 2.25. The van der Waals surface area contributed by atoms with E-state index in [1.54, 1.807) is 12.4 Å². The van der Waals surface area contributed by atoms with Gasteiger partial charge in [-0.15, -0.1) is 11.6 Å². The Morgan fingerprint density at radius 2 is 2.31 bits per heavy atom. The zero-order valence-electron chi connectivity index (χ0n) is 8.74. The molecule has 0 saturated carbocycles. The number of rotatable bonds is 3. The molecular weight excluding hydrogens is 289 g/mol. The van der Waals surface area contributed by atoms with Gasteiger partial charge in [0.25, 0.3) is 0 Å². The molecule has 1 atom stereocenters. The molecule has 0 saturated heterocycles. The van der Waals surface area contributed by atoms with Crippen LogP contribution in [0, 0.1) is 0 Å². The van der Waals surface area contributed by atoms with Gasteiger partial charge in [-0.25, -0.2) is 0 Å². The Hall–Kier alpha value is -0.870. The van der Waals surface area contributed by atoms with E-state index in [9.17, 15) is 0 Å². The van der Waals surface area contributed by atoms with Gasteiger partial charge in [-0.1, -0.05) is 0 Å². The first-order valence-corrected chi connectivity index (χ1v) is 6.18. The van der Waals surface area contributed by atoms with Crippen molar-refractivity contribution in [3.8, 4) is 0 Å². The highest BCUT2D eigenvalue weighted by atomic mass is 79.9. The number of hydrogen-bond donors (Lipinski definition) is 1. The zero-order chi connectivity index (χ0) is 11.5. The van der Waals surface area contributed by atoms with Crippen LogP contribution in [0.1, 0.15) is 6.92 Å². The lowest BCUT2D eigenvalue weighted by molar-refractivity contribution is 0.989. The molecule has 0 spiro atoms. The first-order valence-electron chi connectivity index (χ1n) is 4.95. The molecule has 2 heterocycles. The number of fused-ring (bicyclic) bond motifs is 1. The number of nitrogens with one attached hydrogen (secondary N) is 1. The normalized spacial score (nSPS) is 12.7. The van der Waals surface area contributed by atoms with Crippen molar-refractivity contribution < 1.29 is 0 Å². The Labute approximate surface area is 107 Å². The maximum absolute atomic E-state index is 5.90. The third kappa shape index (κ3) is 2.62. The summed E-state index contributed by atoms with van der Waals surface area (Å²) >= 11 is 9.27. The van der Waals surface area contributed by atoms with E-state index in [0.29, 0.717) is 6.54 Å². The van der Waals surface area contributed by atoms with E-state index in [0.717, 1.165) is 21.2 Å². The lowest BCUT2D eigenvalue weighted by atomic mass is 10.3. The van der Waals surface area contributed by atoms with Gasteiger partial charge in [0.05, 0.1) is 11.2 Å². The van der Waals surface area contributed by atoms with Gasteiger partial charge in [-0.05, 0) is 35.0 Å². The first-order chi connectivity index (χ1) is 7.66. The summed E-state index contributed by atoms with van der Waals surface area (Å²) in [7, 11) is 0. The fourth-order valence-electron chi connectivity index (χ4n) is 1.40. The molecule has 16 heavy (non-hydrogen) atoms. The summed E-state index contributed by atoms with van der Waals surface area (Å²) < 4.78 is 0.926. The summed E-state index contributed by atoms with van der Waals surface area (Å²) in [4.78, 5) is 8.61. The van der Waals surface area contributed by atoms with E-state index in [1.807, 2.05) is 19.1 Å². The number of halogens is 2. The van der Waals surface area contributed by atoms with Crippen molar-refractivity contribution >= 4 is 44.3 Å². The topological polar surface area (TPSA) is 37.8 Å². The van der Waals surface area contributed by atoms with Gasteiger partial charge < -0.3 is 5.32 Å². The fraction of sp³-hybridized carbons (Fsp3) is 0.273. The molecule has 3 nitrogen and oxygen atoms in total. The van der Waals surface area contributed by atoms with Gasteiger partial charge in [-0.2, -0.15) is 0 Å². The molecule has 84 valence electrons. The minimum atomic E-state index is 0.0821. The minimum absolute atomic E-state index is 0.0821. The van der Waals surface area contributed by atoms with Crippen LogP contribution >= 0.6 is 27.5 Å². The van der Waals surface area contributed by atoms with Crippen LogP contribution in [-0.4, -0.2) is 21.9 Å². The van der Waals surface area contributed by atoms with Crippen LogP contribution in [0.2, 0.25) is 0 Å². The third-order valence-electron chi connectivity index (χ3n) is 2.12. The quantitative estimate of drug-likeness (QED) is 0.883. The maximum Gasteiger partial charge on any atom is 0.112 e. The number of pyridine rings is 2. The summed E-state index contributed by atoms with van der Waals surface area (Å²) in [5.74, 6) is 0. The summed E-state index contributed by atoms with van der Waals surface area (Å²) in [6.07, 6.45) is 3.52. The molecule has 1 unspecified atom stereocenters. The second-order valence-electron chi connectivity index (χ2n) is 3.54. The van der Waals surface area contributed by atoms with Crippen LogP contribution in [0.3, 0.4) is 0 Å². The summed E-state index contributed by atoms with van der Waals surface area (Å²) in [5.41, 5.74) is 2.69. The highest BCUT2D eigenvalue weighted by Gasteiger charge is 2.04.